The average Bonchev–Trinajstić information content (AvgIpc) is 2.53. The molecule has 0 spiro atoms. The van der Waals surface area contributed by atoms with Crippen molar-refractivity contribution in [2.24, 2.45) is 5.14 Å². The Morgan fingerprint density at radius 2 is 1.52 bits per heavy atom. The van der Waals surface area contributed by atoms with Crippen LogP contribution in [-0.2, 0) is 14.8 Å². The van der Waals surface area contributed by atoms with Crippen LogP contribution in [0.2, 0.25) is 0 Å². The fourth-order valence-electron chi connectivity index (χ4n) is 1.95. The normalized spacial score (nSPS) is 11.0. The first-order valence-corrected chi connectivity index (χ1v) is 8.42. The fraction of sp³-hybridized carbons (Fsp3) is 0.125. The van der Waals surface area contributed by atoms with Gasteiger partial charge in [-0.1, -0.05) is 30.3 Å². The largest absolute Gasteiger partial charge is 0.326 e. The van der Waals surface area contributed by atoms with Crippen molar-refractivity contribution in [1.82, 2.24) is 0 Å². The maximum absolute atomic E-state index is 11.9. The van der Waals surface area contributed by atoms with E-state index < -0.39 is 10.0 Å². The number of nitrogens with two attached hydrogens (primary N) is 1. The molecule has 0 saturated carbocycles. The summed E-state index contributed by atoms with van der Waals surface area (Å²) in [6.07, 6.45) is 0.149. The van der Waals surface area contributed by atoms with Gasteiger partial charge in [-0.05, 0) is 24.3 Å². The summed E-state index contributed by atoms with van der Waals surface area (Å²) in [4.78, 5) is 23.7. The van der Waals surface area contributed by atoms with E-state index in [4.69, 9.17) is 5.14 Å². The molecule has 2 aromatic rings. The Hall–Kier alpha value is -2.51. The molecule has 7 heteroatoms. The molecule has 0 saturated heterocycles. The van der Waals surface area contributed by atoms with Crippen LogP contribution < -0.4 is 10.5 Å². The summed E-state index contributed by atoms with van der Waals surface area (Å²) < 4.78 is 22.3. The Kier molecular flexibility index (Phi) is 5.25. The van der Waals surface area contributed by atoms with Crippen LogP contribution in [0.25, 0.3) is 0 Å². The monoisotopic (exact) mass is 332 g/mol. The number of rotatable bonds is 6. The van der Waals surface area contributed by atoms with Crippen LogP contribution in [-0.4, -0.2) is 20.1 Å². The molecule has 0 radical (unpaired) electrons. The number of nitrogens with one attached hydrogen (secondary N) is 1. The second-order valence-corrected chi connectivity index (χ2v) is 6.47. The summed E-state index contributed by atoms with van der Waals surface area (Å²) >= 11 is 0. The molecular formula is C16H16N2O4S. The van der Waals surface area contributed by atoms with Gasteiger partial charge < -0.3 is 5.32 Å². The number of amides is 1. The number of benzene rings is 2. The predicted molar refractivity (Wildman–Crippen MR) is 86.5 cm³/mol. The van der Waals surface area contributed by atoms with Gasteiger partial charge in [0, 0.05) is 24.1 Å². The van der Waals surface area contributed by atoms with Crippen molar-refractivity contribution in [1.29, 1.82) is 0 Å². The van der Waals surface area contributed by atoms with E-state index in [1.165, 1.54) is 24.3 Å². The maximum Gasteiger partial charge on any atom is 0.238 e. The molecule has 23 heavy (non-hydrogen) atoms. The standard InChI is InChI=1S/C16H16N2O4S/c17-23(21,22)14-8-6-13(7-9-14)18-16(20)11-10-15(19)12-4-2-1-3-5-12/h1-9H,10-11H2,(H,18,20)(H2,17,21,22). The van der Waals surface area contributed by atoms with E-state index in [1.54, 1.807) is 24.3 Å². The van der Waals surface area contributed by atoms with Crippen molar-refractivity contribution in [3.8, 4) is 0 Å². The van der Waals surface area contributed by atoms with E-state index in [0.717, 1.165) is 0 Å². The van der Waals surface area contributed by atoms with E-state index in [1.807, 2.05) is 6.07 Å². The zero-order valence-corrected chi connectivity index (χ0v) is 13.0. The first-order valence-electron chi connectivity index (χ1n) is 6.87. The first-order chi connectivity index (χ1) is 10.9. The number of ketones is 1. The number of carbonyl (C=O) groups excluding carboxylic acids is 2. The van der Waals surface area contributed by atoms with E-state index in [2.05, 4.69) is 5.32 Å². The molecule has 2 rings (SSSR count). The number of Topliss-reactive ketones (excluding diaryl/α,β-unsaturated/α-hetero) is 1. The van der Waals surface area contributed by atoms with Gasteiger partial charge in [-0.15, -0.1) is 0 Å². The molecule has 0 unspecified atom stereocenters. The van der Waals surface area contributed by atoms with E-state index in [0.29, 0.717) is 11.3 Å². The molecule has 0 aliphatic rings. The van der Waals surface area contributed by atoms with Crippen molar-refractivity contribution in [3.63, 3.8) is 0 Å². The van der Waals surface area contributed by atoms with Gasteiger partial charge in [0.1, 0.15) is 0 Å². The van der Waals surface area contributed by atoms with Crippen LogP contribution in [0.4, 0.5) is 5.69 Å². The van der Waals surface area contributed by atoms with E-state index in [9.17, 15) is 18.0 Å². The topological polar surface area (TPSA) is 106 Å². The Bertz CT molecular complexity index is 800. The van der Waals surface area contributed by atoms with E-state index in [-0.39, 0.29) is 29.4 Å². The van der Waals surface area contributed by atoms with Gasteiger partial charge in [-0.25, -0.2) is 13.6 Å². The van der Waals surface area contributed by atoms with Gasteiger partial charge in [-0.2, -0.15) is 0 Å². The fourth-order valence-corrected chi connectivity index (χ4v) is 2.46. The smallest absolute Gasteiger partial charge is 0.238 e. The third-order valence-electron chi connectivity index (χ3n) is 3.14. The first kappa shape index (κ1) is 16.9. The highest BCUT2D eigenvalue weighted by Crippen LogP contribution is 2.13. The number of hydrogen-bond donors (Lipinski definition) is 2. The molecular weight excluding hydrogens is 316 g/mol. The minimum absolute atomic E-state index is 0.0326. The Morgan fingerprint density at radius 3 is 2.09 bits per heavy atom. The number of anilines is 1. The summed E-state index contributed by atoms with van der Waals surface area (Å²) in [5, 5.41) is 7.59. The van der Waals surface area contributed by atoms with Crippen LogP contribution in [0.5, 0.6) is 0 Å². The van der Waals surface area contributed by atoms with Gasteiger partial charge in [0.15, 0.2) is 5.78 Å². The highest BCUT2D eigenvalue weighted by atomic mass is 32.2. The van der Waals surface area contributed by atoms with E-state index >= 15 is 0 Å². The van der Waals surface area contributed by atoms with Crippen LogP contribution in [0, 0.1) is 0 Å². The lowest BCUT2D eigenvalue weighted by Gasteiger charge is -2.06. The minimum Gasteiger partial charge on any atom is -0.326 e. The molecule has 0 heterocycles. The van der Waals surface area contributed by atoms with Gasteiger partial charge in [0.05, 0.1) is 4.90 Å². The molecule has 2 aromatic carbocycles. The van der Waals surface area contributed by atoms with Crippen LogP contribution in [0.15, 0.2) is 59.5 Å². The highest BCUT2D eigenvalue weighted by molar-refractivity contribution is 7.89. The van der Waals surface area contributed by atoms with Crippen molar-refractivity contribution in [3.05, 3.63) is 60.2 Å². The zero-order chi connectivity index (χ0) is 16.9. The molecule has 120 valence electrons. The maximum atomic E-state index is 11.9. The molecule has 6 nitrogen and oxygen atoms in total. The lowest BCUT2D eigenvalue weighted by atomic mass is 10.1. The van der Waals surface area contributed by atoms with Crippen molar-refractivity contribution >= 4 is 27.4 Å². The van der Waals surface area contributed by atoms with Crippen LogP contribution >= 0.6 is 0 Å². The Balaban J connectivity index is 1.89. The van der Waals surface area contributed by atoms with Gasteiger partial charge >= 0.3 is 0 Å². The zero-order valence-electron chi connectivity index (χ0n) is 12.2. The average molecular weight is 332 g/mol. The SMILES string of the molecule is NS(=O)(=O)c1ccc(NC(=O)CCC(=O)c2ccccc2)cc1. The third-order valence-corrected chi connectivity index (χ3v) is 4.07. The van der Waals surface area contributed by atoms with Gasteiger partial charge in [0.2, 0.25) is 15.9 Å². The summed E-state index contributed by atoms with van der Waals surface area (Å²) in [6.45, 7) is 0. The van der Waals surface area contributed by atoms with Gasteiger partial charge in [0.25, 0.3) is 0 Å². The lowest BCUT2D eigenvalue weighted by Crippen LogP contribution is -2.14. The summed E-state index contributed by atoms with van der Waals surface area (Å²) in [5.41, 5.74) is 1.01. The Labute approximate surface area is 134 Å². The predicted octanol–water partition coefficient (Wildman–Crippen LogP) is 1.94. The molecule has 0 aliphatic carbocycles. The minimum atomic E-state index is -3.76. The van der Waals surface area contributed by atoms with Crippen LogP contribution in [0.1, 0.15) is 23.2 Å². The number of primary sulfonamides is 1. The second-order valence-electron chi connectivity index (χ2n) is 4.91. The van der Waals surface area contributed by atoms with Crippen LogP contribution in [0.3, 0.4) is 0 Å². The van der Waals surface area contributed by atoms with Crippen molar-refractivity contribution in [2.45, 2.75) is 17.7 Å². The molecule has 0 atom stereocenters. The molecule has 0 aromatic heterocycles. The highest BCUT2D eigenvalue weighted by Gasteiger charge is 2.10. The molecule has 1 amide bonds. The summed E-state index contributed by atoms with van der Waals surface area (Å²) in [5.74, 6) is -0.428. The lowest BCUT2D eigenvalue weighted by molar-refractivity contribution is -0.116. The Morgan fingerprint density at radius 1 is 0.913 bits per heavy atom. The number of hydrogen-bond acceptors (Lipinski definition) is 4. The molecule has 0 aliphatic heterocycles. The molecule has 0 bridgehead atoms. The van der Waals surface area contributed by atoms with Crippen molar-refractivity contribution in [2.75, 3.05) is 5.32 Å². The summed E-state index contributed by atoms with van der Waals surface area (Å²) in [7, 11) is -3.76. The summed E-state index contributed by atoms with van der Waals surface area (Å²) in [6, 6.07) is 14.2. The van der Waals surface area contributed by atoms with Crippen molar-refractivity contribution < 1.29 is 18.0 Å². The molecule has 3 N–H and O–H groups in total. The third kappa shape index (κ3) is 5.01. The quantitative estimate of drug-likeness (QED) is 0.788. The van der Waals surface area contributed by atoms with Gasteiger partial charge in [-0.3, -0.25) is 9.59 Å². The number of sulfonamides is 1. The second kappa shape index (κ2) is 7.17. The number of carbonyl (C=O) groups is 2. The molecule has 0 fully saturated rings.